The minimum atomic E-state index is 0.538. The fourth-order valence-corrected chi connectivity index (χ4v) is 3.44. The molecule has 0 saturated carbocycles. The predicted octanol–water partition coefficient (Wildman–Crippen LogP) is 4.72. The highest BCUT2D eigenvalue weighted by Crippen LogP contribution is 2.24. The molecule has 0 bridgehead atoms. The Hall–Kier alpha value is -2.66. The Morgan fingerprint density at radius 3 is 2.67 bits per heavy atom. The van der Waals surface area contributed by atoms with Crippen molar-refractivity contribution in [2.45, 2.75) is 11.5 Å². The van der Waals surface area contributed by atoms with Crippen LogP contribution >= 0.6 is 11.8 Å². The maximum absolute atomic E-state index is 5.32. The molecule has 0 amide bonds. The van der Waals surface area contributed by atoms with Crippen molar-refractivity contribution in [2.75, 3.05) is 0 Å². The number of aromatic nitrogens is 3. The van der Waals surface area contributed by atoms with Crippen molar-refractivity contribution in [2.24, 2.45) is 0 Å². The molecule has 0 spiro atoms. The number of hydrogen-bond donors (Lipinski definition) is 0. The molecule has 0 radical (unpaired) electrons. The average Bonchev–Trinajstić information content (AvgIpc) is 3.12. The molecule has 5 heteroatoms. The van der Waals surface area contributed by atoms with Crippen molar-refractivity contribution in [3.8, 4) is 11.5 Å². The molecule has 2 aromatic carbocycles. The molecule has 0 N–H and O–H groups in total. The van der Waals surface area contributed by atoms with Gasteiger partial charge in [-0.2, -0.15) is 4.98 Å². The van der Waals surface area contributed by atoms with Crippen LogP contribution in [0.2, 0.25) is 0 Å². The summed E-state index contributed by atoms with van der Waals surface area (Å²) in [4.78, 5) is 8.65. The number of thioether (sulfide) groups is 1. The van der Waals surface area contributed by atoms with E-state index in [1.807, 2.05) is 18.2 Å². The highest BCUT2D eigenvalue weighted by Gasteiger charge is 2.09. The van der Waals surface area contributed by atoms with E-state index in [0.717, 1.165) is 11.4 Å². The van der Waals surface area contributed by atoms with E-state index in [1.54, 1.807) is 18.0 Å². The van der Waals surface area contributed by atoms with Crippen LogP contribution in [0.5, 0.6) is 0 Å². The lowest BCUT2D eigenvalue weighted by Gasteiger charge is -2.05. The first-order valence-corrected chi connectivity index (χ1v) is 8.84. The van der Waals surface area contributed by atoms with Gasteiger partial charge in [0.15, 0.2) is 0 Å². The largest absolute Gasteiger partial charge is 0.338 e. The molecule has 2 aromatic heterocycles. The lowest BCUT2D eigenvalue weighted by Crippen LogP contribution is -1.87. The zero-order valence-corrected chi connectivity index (χ0v) is 13.7. The maximum Gasteiger partial charge on any atom is 0.237 e. The molecule has 4 rings (SSSR count). The van der Waals surface area contributed by atoms with Crippen molar-refractivity contribution in [1.82, 2.24) is 15.1 Å². The van der Waals surface area contributed by atoms with Gasteiger partial charge in [-0.15, -0.1) is 11.8 Å². The predicted molar refractivity (Wildman–Crippen MR) is 96.5 cm³/mol. The zero-order valence-electron chi connectivity index (χ0n) is 12.9. The Labute approximate surface area is 143 Å². The summed E-state index contributed by atoms with van der Waals surface area (Å²) >= 11 is 1.77. The van der Waals surface area contributed by atoms with Gasteiger partial charge < -0.3 is 4.52 Å². The normalized spacial score (nSPS) is 11.0. The summed E-state index contributed by atoms with van der Waals surface area (Å²) in [6.45, 7) is 0. The SMILES string of the molecule is c1ccc(-c2noc(CSCc3cccc4ccccc34)n2)nc1. The fraction of sp³-hybridized carbons (Fsp3) is 0.105. The van der Waals surface area contributed by atoms with Gasteiger partial charge in [-0.1, -0.05) is 53.7 Å². The van der Waals surface area contributed by atoms with Gasteiger partial charge in [0.2, 0.25) is 11.7 Å². The number of rotatable bonds is 5. The van der Waals surface area contributed by atoms with Gasteiger partial charge >= 0.3 is 0 Å². The van der Waals surface area contributed by atoms with Gasteiger partial charge in [0, 0.05) is 11.9 Å². The highest BCUT2D eigenvalue weighted by molar-refractivity contribution is 7.97. The smallest absolute Gasteiger partial charge is 0.237 e. The van der Waals surface area contributed by atoms with E-state index in [0.29, 0.717) is 17.5 Å². The van der Waals surface area contributed by atoms with E-state index in [1.165, 1.54) is 16.3 Å². The first kappa shape index (κ1) is 14.9. The van der Waals surface area contributed by atoms with Gasteiger partial charge in [0.25, 0.3) is 0 Å². The lowest BCUT2D eigenvalue weighted by molar-refractivity contribution is 0.391. The second-order valence-corrected chi connectivity index (χ2v) is 6.34. The Balaban J connectivity index is 1.43. The Morgan fingerprint density at radius 1 is 0.875 bits per heavy atom. The second kappa shape index (κ2) is 6.84. The topological polar surface area (TPSA) is 51.8 Å². The summed E-state index contributed by atoms with van der Waals surface area (Å²) < 4.78 is 5.32. The average molecular weight is 333 g/mol. The third kappa shape index (κ3) is 3.16. The van der Waals surface area contributed by atoms with Crippen molar-refractivity contribution in [3.63, 3.8) is 0 Å². The highest BCUT2D eigenvalue weighted by atomic mass is 32.2. The van der Waals surface area contributed by atoms with E-state index in [-0.39, 0.29) is 0 Å². The summed E-state index contributed by atoms with van der Waals surface area (Å²) in [7, 11) is 0. The summed E-state index contributed by atoms with van der Waals surface area (Å²) in [5.41, 5.74) is 2.05. The lowest BCUT2D eigenvalue weighted by atomic mass is 10.1. The van der Waals surface area contributed by atoms with Crippen LogP contribution in [-0.2, 0) is 11.5 Å². The third-order valence-corrected chi connectivity index (χ3v) is 4.69. The minimum absolute atomic E-state index is 0.538. The summed E-state index contributed by atoms with van der Waals surface area (Å²) in [5, 5.41) is 6.57. The van der Waals surface area contributed by atoms with Crippen LogP contribution < -0.4 is 0 Å². The van der Waals surface area contributed by atoms with E-state index in [2.05, 4.69) is 57.6 Å². The van der Waals surface area contributed by atoms with Gasteiger partial charge in [0.05, 0.1) is 5.75 Å². The number of benzene rings is 2. The quantitative estimate of drug-likeness (QED) is 0.529. The van der Waals surface area contributed by atoms with E-state index >= 15 is 0 Å². The molecule has 24 heavy (non-hydrogen) atoms. The molecule has 4 nitrogen and oxygen atoms in total. The van der Waals surface area contributed by atoms with E-state index in [4.69, 9.17) is 4.52 Å². The molecule has 0 aliphatic heterocycles. The van der Waals surface area contributed by atoms with Crippen molar-refractivity contribution in [3.05, 3.63) is 78.3 Å². The fourth-order valence-electron chi connectivity index (χ4n) is 2.58. The Morgan fingerprint density at radius 2 is 1.75 bits per heavy atom. The molecule has 0 aliphatic carbocycles. The summed E-state index contributed by atoms with van der Waals surface area (Å²) in [6.07, 6.45) is 1.72. The maximum atomic E-state index is 5.32. The molecular weight excluding hydrogens is 318 g/mol. The first-order valence-electron chi connectivity index (χ1n) is 7.68. The standard InChI is InChI=1S/C19H15N3OS/c1-2-9-16-14(6-1)7-5-8-15(16)12-24-13-18-21-19(22-23-18)17-10-3-4-11-20-17/h1-11H,12-13H2. The Bertz CT molecular complexity index is 948. The summed E-state index contributed by atoms with van der Waals surface area (Å²) in [5.74, 6) is 2.75. The number of pyridine rings is 1. The van der Waals surface area contributed by atoms with E-state index in [9.17, 15) is 0 Å². The van der Waals surface area contributed by atoms with Gasteiger partial charge in [-0.25, -0.2) is 0 Å². The molecule has 118 valence electrons. The van der Waals surface area contributed by atoms with E-state index < -0.39 is 0 Å². The molecule has 0 aliphatic rings. The van der Waals surface area contributed by atoms with Crippen LogP contribution in [0.4, 0.5) is 0 Å². The molecule has 2 heterocycles. The van der Waals surface area contributed by atoms with Crippen molar-refractivity contribution < 1.29 is 4.52 Å². The van der Waals surface area contributed by atoms with Crippen molar-refractivity contribution in [1.29, 1.82) is 0 Å². The van der Waals surface area contributed by atoms with Crippen LogP contribution in [0.25, 0.3) is 22.3 Å². The number of nitrogens with zero attached hydrogens (tertiary/aromatic N) is 3. The van der Waals surface area contributed by atoms with Gasteiger partial charge in [-0.3, -0.25) is 4.98 Å². The van der Waals surface area contributed by atoms with Crippen molar-refractivity contribution >= 4 is 22.5 Å². The van der Waals surface area contributed by atoms with Crippen LogP contribution in [0.1, 0.15) is 11.5 Å². The van der Waals surface area contributed by atoms with Gasteiger partial charge in [-0.05, 0) is 28.5 Å². The van der Waals surface area contributed by atoms with Crippen LogP contribution in [0, 0.1) is 0 Å². The first-order chi connectivity index (χ1) is 11.9. The molecular formula is C19H15N3OS. The molecule has 4 aromatic rings. The Kier molecular flexibility index (Phi) is 4.25. The third-order valence-electron chi connectivity index (χ3n) is 3.73. The number of hydrogen-bond acceptors (Lipinski definition) is 5. The molecule has 0 fully saturated rings. The van der Waals surface area contributed by atoms with Crippen LogP contribution in [-0.4, -0.2) is 15.1 Å². The monoisotopic (exact) mass is 333 g/mol. The van der Waals surface area contributed by atoms with Crippen LogP contribution in [0.15, 0.2) is 71.4 Å². The molecule has 0 atom stereocenters. The molecule has 0 saturated heterocycles. The zero-order chi connectivity index (χ0) is 16.2. The van der Waals surface area contributed by atoms with Crippen LogP contribution in [0.3, 0.4) is 0 Å². The molecule has 0 unspecified atom stereocenters. The minimum Gasteiger partial charge on any atom is -0.338 e. The second-order valence-electron chi connectivity index (χ2n) is 5.36. The summed E-state index contributed by atoms with van der Waals surface area (Å²) in [6, 6.07) is 20.5. The number of fused-ring (bicyclic) bond motifs is 1. The van der Waals surface area contributed by atoms with Gasteiger partial charge in [0.1, 0.15) is 5.69 Å².